The second kappa shape index (κ2) is 7.05. The predicted octanol–water partition coefficient (Wildman–Crippen LogP) is 1.55. The minimum Gasteiger partial charge on any atom is -0.399 e. The molecule has 1 atom stereocenters. The first-order valence-electron chi connectivity index (χ1n) is 8.26. The Morgan fingerprint density at radius 2 is 2.08 bits per heavy atom. The maximum Gasteiger partial charge on any atom is 0.227 e. The predicted molar refractivity (Wildman–Crippen MR) is 92.6 cm³/mol. The van der Waals surface area contributed by atoms with Crippen LogP contribution in [0.2, 0.25) is 0 Å². The van der Waals surface area contributed by atoms with Crippen molar-refractivity contribution < 1.29 is 9.53 Å². The molecule has 0 bridgehead atoms. The highest BCUT2D eigenvalue weighted by Gasteiger charge is 2.25. The van der Waals surface area contributed by atoms with Crippen LogP contribution in [-0.2, 0) is 22.5 Å². The van der Waals surface area contributed by atoms with E-state index in [1.807, 2.05) is 53.8 Å². The van der Waals surface area contributed by atoms with Crippen LogP contribution in [0.5, 0.6) is 0 Å². The van der Waals surface area contributed by atoms with Crippen LogP contribution in [-0.4, -0.2) is 46.4 Å². The van der Waals surface area contributed by atoms with E-state index < -0.39 is 0 Å². The number of nitrogen functional groups attached to an aromatic ring is 1. The van der Waals surface area contributed by atoms with E-state index in [9.17, 15) is 4.79 Å². The fourth-order valence-electron chi connectivity index (χ4n) is 3.03. The summed E-state index contributed by atoms with van der Waals surface area (Å²) in [5.74, 6) is 0.126. The van der Waals surface area contributed by atoms with E-state index in [2.05, 4.69) is 5.10 Å². The quantitative estimate of drug-likeness (QED) is 0.864. The van der Waals surface area contributed by atoms with Gasteiger partial charge < -0.3 is 15.4 Å². The summed E-state index contributed by atoms with van der Waals surface area (Å²) in [7, 11) is 0. The Kier molecular flexibility index (Phi) is 4.85. The van der Waals surface area contributed by atoms with Gasteiger partial charge in [-0.3, -0.25) is 9.48 Å². The number of rotatable bonds is 4. The Labute approximate surface area is 142 Å². The van der Waals surface area contributed by atoms with Gasteiger partial charge in [-0.05, 0) is 37.6 Å². The highest BCUT2D eigenvalue weighted by atomic mass is 16.5. The van der Waals surface area contributed by atoms with E-state index in [-0.39, 0.29) is 12.0 Å². The van der Waals surface area contributed by atoms with Gasteiger partial charge in [0.1, 0.15) is 0 Å². The highest BCUT2D eigenvalue weighted by molar-refractivity contribution is 5.79. The molecule has 0 radical (unpaired) electrons. The lowest BCUT2D eigenvalue weighted by atomic mass is 10.1. The molecule has 1 aromatic carbocycles. The van der Waals surface area contributed by atoms with Crippen LogP contribution in [0.4, 0.5) is 5.69 Å². The van der Waals surface area contributed by atoms with Gasteiger partial charge in [0.05, 0.1) is 31.4 Å². The molecule has 1 fully saturated rings. The summed E-state index contributed by atoms with van der Waals surface area (Å²) < 4.78 is 7.77. The largest absolute Gasteiger partial charge is 0.399 e. The van der Waals surface area contributed by atoms with Crippen molar-refractivity contribution in [2.75, 3.05) is 25.4 Å². The third-order valence-electron chi connectivity index (χ3n) is 4.31. The van der Waals surface area contributed by atoms with Gasteiger partial charge in [-0.15, -0.1) is 0 Å². The molecule has 6 nitrogen and oxygen atoms in total. The minimum absolute atomic E-state index is 0.0212. The van der Waals surface area contributed by atoms with Gasteiger partial charge in [-0.2, -0.15) is 5.10 Å². The summed E-state index contributed by atoms with van der Waals surface area (Å²) in [5, 5.41) is 4.47. The Morgan fingerprint density at radius 3 is 2.75 bits per heavy atom. The van der Waals surface area contributed by atoms with E-state index in [1.165, 1.54) is 0 Å². The van der Waals surface area contributed by atoms with Crippen molar-refractivity contribution in [2.45, 2.75) is 32.9 Å². The van der Waals surface area contributed by atoms with E-state index in [0.717, 1.165) is 17.0 Å². The van der Waals surface area contributed by atoms with Crippen LogP contribution in [0, 0.1) is 13.8 Å². The zero-order valence-corrected chi connectivity index (χ0v) is 14.2. The summed E-state index contributed by atoms with van der Waals surface area (Å²) >= 11 is 0. The molecule has 2 aromatic rings. The van der Waals surface area contributed by atoms with Crippen molar-refractivity contribution in [2.24, 2.45) is 0 Å². The van der Waals surface area contributed by atoms with Crippen LogP contribution in [0.3, 0.4) is 0 Å². The number of hydrogen-bond donors (Lipinski definition) is 1. The molecule has 1 amide bonds. The number of hydrogen-bond acceptors (Lipinski definition) is 4. The first-order chi connectivity index (χ1) is 11.5. The monoisotopic (exact) mass is 328 g/mol. The molecule has 1 aliphatic heterocycles. The number of anilines is 1. The number of nitrogens with two attached hydrogens (primary N) is 1. The lowest BCUT2D eigenvalue weighted by molar-refractivity contribution is -0.138. The standard InChI is InChI=1S/C18H24N4O2/c1-13-9-14(2)22(20-13)12-17-11-21(7-8-24-17)18(23)10-15-3-5-16(19)6-4-15/h3-6,9,17H,7-8,10-12,19H2,1-2H3. The van der Waals surface area contributed by atoms with Gasteiger partial charge in [0.15, 0.2) is 0 Å². The molecule has 2 heterocycles. The summed E-state index contributed by atoms with van der Waals surface area (Å²) in [6, 6.07) is 9.51. The Hall–Kier alpha value is -2.34. The topological polar surface area (TPSA) is 73.4 Å². The molecule has 1 aromatic heterocycles. The van der Waals surface area contributed by atoms with Crippen molar-refractivity contribution >= 4 is 11.6 Å². The zero-order valence-electron chi connectivity index (χ0n) is 14.2. The number of carbonyl (C=O) groups excluding carboxylic acids is 1. The molecule has 0 aliphatic carbocycles. The second-order valence-corrected chi connectivity index (χ2v) is 6.36. The second-order valence-electron chi connectivity index (χ2n) is 6.36. The number of aryl methyl sites for hydroxylation is 2. The summed E-state index contributed by atoms with van der Waals surface area (Å²) in [6.07, 6.45) is 0.375. The third kappa shape index (κ3) is 3.94. The molecule has 3 rings (SSSR count). The van der Waals surface area contributed by atoms with Gasteiger partial charge in [0.25, 0.3) is 0 Å². The van der Waals surface area contributed by atoms with Crippen LogP contribution in [0.1, 0.15) is 17.0 Å². The van der Waals surface area contributed by atoms with Gasteiger partial charge in [0, 0.05) is 24.5 Å². The molecule has 128 valence electrons. The van der Waals surface area contributed by atoms with E-state index in [4.69, 9.17) is 10.5 Å². The smallest absolute Gasteiger partial charge is 0.227 e. The van der Waals surface area contributed by atoms with Gasteiger partial charge in [-0.1, -0.05) is 12.1 Å². The first kappa shape index (κ1) is 16.5. The maximum absolute atomic E-state index is 12.5. The molecule has 1 aliphatic rings. The molecule has 2 N–H and O–H groups in total. The zero-order chi connectivity index (χ0) is 17.1. The van der Waals surface area contributed by atoms with Crippen LogP contribution in [0.25, 0.3) is 0 Å². The maximum atomic E-state index is 12.5. The Bertz CT molecular complexity index is 708. The number of ether oxygens (including phenoxy) is 1. The molecule has 0 spiro atoms. The number of amides is 1. The highest BCUT2D eigenvalue weighted by Crippen LogP contribution is 2.13. The van der Waals surface area contributed by atoms with E-state index in [1.54, 1.807) is 0 Å². The fourth-order valence-corrected chi connectivity index (χ4v) is 3.03. The molecule has 24 heavy (non-hydrogen) atoms. The Morgan fingerprint density at radius 1 is 1.33 bits per heavy atom. The van der Waals surface area contributed by atoms with Gasteiger partial charge >= 0.3 is 0 Å². The number of morpholine rings is 1. The number of aromatic nitrogens is 2. The summed E-state index contributed by atoms with van der Waals surface area (Å²) in [4.78, 5) is 14.4. The molecule has 0 saturated carbocycles. The van der Waals surface area contributed by atoms with Crippen LogP contribution < -0.4 is 5.73 Å². The average Bonchev–Trinajstić information content (AvgIpc) is 2.87. The number of benzene rings is 1. The Balaban J connectivity index is 1.59. The average molecular weight is 328 g/mol. The number of nitrogens with zero attached hydrogens (tertiary/aromatic N) is 3. The van der Waals surface area contributed by atoms with Crippen molar-refractivity contribution in [1.82, 2.24) is 14.7 Å². The molecule has 1 saturated heterocycles. The van der Waals surface area contributed by atoms with Gasteiger partial charge in [0.2, 0.25) is 5.91 Å². The van der Waals surface area contributed by atoms with Gasteiger partial charge in [-0.25, -0.2) is 0 Å². The normalized spacial score (nSPS) is 17.9. The van der Waals surface area contributed by atoms with Crippen LogP contribution in [0.15, 0.2) is 30.3 Å². The van der Waals surface area contributed by atoms with Crippen LogP contribution >= 0.6 is 0 Å². The fraction of sp³-hybridized carbons (Fsp3) is 0.444. The summed E-state index contributed by atoms with van der Waals surface area (Å²) in [5.41, 5.74) is 9.49. The molecular formula is C18H24N4O2. The third-order valence-corrected chi connectivity index (χ3v) is 4.31. The van der Waals surface area contributed by atoms with Crippen molar-refractivity contribution in [3.05, 3.63) is 47.3 Å². The summed E-state index contributed by atoms with van der Waals surface area (Å²) in [6.45, 7) is 6.50. The van der Waals surface area contributed by atoms with Crippen molar-refractivity contribution in [3.63, 3.8) is 0 Å². The molecule has 6 heteroatoms. The first-order valence-corrected chi connectivity index (χ1v) is 8.26. The lowest BCUT2D eigenvalue weighted by Gasteiger charge is -2.33. The molecular weight excluding hydrogens is 304 g/mol. The van der Waals surface area contributed by atoms with Crippen molar-refractivity contribution in [1.29, 1.82) is 0 Å². The number of carbonyl (C=O) groups is 1. The van der Waals surface area contributed by atoms with E-state index in [0.29, 0.717) is 38.3 Å². The minimum atomic E-state index is -0.0212. The molecule has 1 unspecified atom stereocenters. The SMILES string of the molecule is Cc1cc(C)n(CC2CN(C(=O)Cc3ccc(N)cc3)CCO2)n1. The van der Waals surface area contributed by atoms with E-state index >= 15 is 0 Å². The van der Waals surface area contributed by atoms with Crippen molar-refractivity contribution in [3.8, 4) is 0 Å². The lowest BCUT2D eigenvalue weighted by Crippen LogP contribution is -2.47.